The lowest BCUT2D eigenvalue weighted by Gasteiger charge is -2.18. The Morgan fingerprint density at radius 3 is 1.68 bits per heavy atom. The van der Waals surface area contributed by atoms with Gasteiger partial charge in [-0.25, -0.2) is 22.0 Å². The molecule has 0 spiro atoms. The number of benzene rings is 2. The van der Waals surface area contributed by atoms with E-state index in [0.29, 0.717) is 12.1 Å². The lowest BCUT2D eigenvalue weighted by molar-refractivity contribution is -0.141. The Hall–Kier alpha value is -2.46. The van der Waals surface area contributed by atoms with Crippen molar-refractivity contribution in [2.45, 2.75) is 12.8 Å². The van der Waals surface area contributed by atoms with Gasteiger partial charge in [-0.15, -0.1) is 0 Å². The van der Waals surface area contributed by atoms with Gasteiger partial charge >= 0.3 is 12.8 Å². The van der Waals surface area contributed by atoms with E-state index in [0.717, 1.165) is 0 Å². The summed E-state index contributed by atoms with van der Waals surface area (Å²) < 4.78 is 134. The number of halogens is 10. The van der Waals surface area contributed by atoms with Crippen LogP contribution in [-0.4, -0.2) is 6.61 Å². The molecule has 0 fully saturated rings. The maximum atomic E-state index is 13.8. The highest BCUT2D eigenvalue weighted by atomic mass is 19.4. The van der Waals surface area contributed by atoms with Crippen LogP contribution in [0.25, 0.3) is 11.1 Å². The van der Waals surface area contributed by atoms with Crippen LogP contribution in [0, 0.1) is 29.1 Å². The van der Waals surface area contributed by atoms with Crippen molar-refractivity contribution in [2.24, 2.45) is 0 Å². The van der Waals surface area contributed by atoms with E-state index in [2.05, 4.69) is 4.74 Å². The van der Waals surface area contributed by atoms with Crippen LogP contribution in [-0.2, 0) is 6.18 Å². The summed E-state index contributed by atoms with van der Waals surface area (Å²) in [6, 6.07) is 1.23. The van der Waals surface area contributed by atoms with Crippen LogP contribution in [0.5, 0.6) is 5.75 Å². The van der Waals surface area contributed by atoms with Gasteiger partial charge in [0.15, 0.2) is 23.3 Å². The minimum atomic E-state index is -5.30. The van der Waals surface area contributed by atoms with Crippen LogP contribution >= 0.6 is 0 Å². The van der Waals surface area contributed by atoms with E-state index in [1.165, 1.54) is 0 Å². The Morgan fingerprint density at radius 2 is 1.24 bits per heavy atom. The summed E-state index contributed by atoms with van der Waals surface area (Å²) in [5.74, 6) is -14.2. The Morgan fingerprint density at radius 1 is 0.760 bits per heavy atom. The molecule has 0 saturated heterocycles. The molecule has 0 atom stereocenters. The Labute approximate surface area is 132 Å². The van der Waals surface area contributed by atoms with Crippen molar-refractivity contribution >= 4 is 0 Å². The van der Waals surface area contributed by atoms with E-state index in [9.17, 15) is 43.9 Å². The van der Waals surface area contributed by atoms with Crippen LogP contribution in [0.1, 0.15) is 5.56 Å². The van der Waals surface area contributed by atoms with E-state index in [1.807, 2.05) is 0 Å². The van der Waals surface area contributed by atoms with Crippen molar-refractivity contribution in [2.75, 3.05) is 0 Å². The quantitative estimate of drug-likeness (QED) is 0.380. The molecule has 0 radical (unpaired) electrons. The molecule has 0 heterocycles. The minimum absolute atomic E-state index is 0.243. The molecule has 0 aromatic heterocycles. The van der Waals surface area contributed by atoms with E-state index >= 15 is 0 Å². The average Bonchev–Trinajstić information content (AvgIpc) is 2.51. The first-order valence-electron chi connectivity index (χ1n) is 6.13. The zero-order valence-electron chi connectivity index (χ0n) is 11.5. The maximum absolute atomic E-state index is 13.8. The molecule has 0 unspecified atom stereocenters. The number of para-hydroxylation sites is 1. The van der Waals surface area contributed by atoms with Gasteiger partial charge in [0.2, 0.25) is 5.82 Å². The summed E-state index contributed by atoms with van der Waals surface area (Å²) in [5, 5.41) is 0. The lowest BCUT2D eigenvalue weighted by atomic mass is 9.99. The fourth-order valence-electron chi connectivity index (χ4n) is 2.01. The van der Waals surface area contributed by atoms with Crippen molar-refractivity contribution in [3.05, 3.63) is 52.8 Å². The predicted octanol–water partition coefficient (Wildman–Crippen LogP) is 5.67. The second kappa shape index (κ2) is 6.45. The van der Waals surface area contributed by atoms with Crippen molar-refractivity contribution < 1.29 is 48.6 Å². The standard InChI is InChI=1S/C14H4F10O/c15-7-6(8(16)10(18)11(19)9(7)17)4-2-1-3-5(14(22,23)24)12(4)25-13(20)21/h1-3,13H. The highest BCUT2D eigenvalue weighted by Gasteiger charge is 2.38. The first-order chi connectivity index (χ1) is 11.5. The SMILES string of the molecule is Fc1c(F)c(F)c(-c2cccc(C(F)(F)F)c2OC(F)F)c(F)c1F. The van der Waals surface area contributed by atoms with Gasteiger partial charge in [-0.05, 0) is 6.07 Å². The van der Waals surface area contributed by atoms with Crippen LogP contribution in [0.3, 0.4) is 0 Å². The third-order valence-corrected chi connectivity index (χ3v) is 3.01. The van der Waals surface area contributed by atoms with Crippen molar-refractivity contribution in [3.8, 4) is 16.9 Å². The summed E-state index contributed by atoms with van der Waals surface area (Å²) in [7, 11) is 0. The van der Waals surface area contributed by atoms with Gasteiger partial charge in [0.05, 0.1) is 11.1 Å². The zero-order chi connectivity index (χ0) is 19.1. The largest absolute Gasteiger partial charge is 0.434 e. The van der Waals surface area contributed by atoms with Crippen LogP contribution in [0.4, 0.5) is 43.9 Å². The third-order valence-electron chi connectivity index (χ3n) is 3.01. The highest BCUT2D eigenvalue weighted by molar-refractivity contribution is 5.74. The van der Waals surface area contributed by atoms with Crippen molar-refractivity contribution in [1.29, 1.82) is 0 Å². The van der Waals surface area contributed by atoms with E-state index < -0.39 is 64.3 Å². The fraction of sp³-hybridized carbons (Fsp3) is 0.143. The topological polar surface area (TPSA) is 9.23 Å². The van der Waals surface area contributed by atoms with E-state index in [-0.39, 0.29) is 6.07 Å². The summed E-state index contributed by atoms with van der Waals surface area (Å²) in [4.78, 5) is 0. The molecular formula is C14H4F10O. The summed E-state index contributed by atoms with van der Waals surface area (Å²) >= 11 is 0. The molecule has 1 nitrogen and oxygen atoms in total. The molecular weight excluding hydrogens is 374 g/mol. The van der Waals surface area contributed by atoms with Gasteiger partial charge in [-0.1, -0.05) is 12.1 Å². The number of alkyl halides is 5. The smallest absolute Gasteiger partial charge is 0.419 e. The Kier molecular flexibility index (Phi) is 4.87. The van der Waals surface area contributed by atoms with Gasteiger partial charge in [-0.3, -0.25) is 0 Å². The molecule has 0 aliphatic carbocycles. The second-order valence-electron chi connectivity index (χ2n) is 4.50. The normalized spacial score (nSPS) is 12.0. The minimum Gasteiger partial charge on any atom is -0.434 e. The molecule has 136 valence electrons. The van der Waals surface area contributed by atoms with Gasteiger partial charge in [0.25, 0.3) is 0 Å². The summed E-state index contributed by atoms with van der Waals surface area (Å²) in [5.41, 5.74) is -5.07. The molecule has 0 aliphatic heterocycles. The maximum Gasteiger partial charge on any atom is 0.419 e. The highest BCUT2D eigenvalue weighted by Crippen LogP contribution is 2.44. The van der Waals surface area contributed by atoms with Crippen LogP contribution < -0.4 is 4.74 Å². The molecule has 0 saturated carbocycles. The van der Waals surface area contributed by atoms with Crippen molar-refractivity contribution in [1.82, 2.24) is 0 Å². The first kappa shape index (κ1) is 18.9. The second-order valence-corrected chi connectivity index (χ2v) is 4.50. The van der Waals surface area contributed by atoms with Gasteiger partial charge < -0.3 is 4.74 Å². The Balaban J connectivity index is 2.90. The number of hydrogen-bond donors (Lipinski definition) is 0. The van der Waals surface area contributed by atoms with Crippen LogP contribution in [0.2, 0.25) is 0 Å². The average molecular weight is 378 g/mol. The molecule has 11 heteroatoms. The Bertz CT molecular complexity index is 783. The molecule has 0 amide bonds. The molecule has 0 N–H and O–H groups in total. The van der Waals surface area contributed by atoms with Gasteiger partial charge in [0.1, 0.15) is 5.75 Å². The first-order valence-corrected chi connectivity index (χ1v) is 6.13. The third kappa shape index (κ3) is 3.35. The molecule has 0 bridgehead atoms. The van der Waals surface area contributed by atoms with Gasteiger partial charge in [0, 0.05) is 5.56 Å². The monoisotopic (exact) mass is 378 g/mol. The molecule has 2 aromatic rings. The lowest BCUT2D eigenvalue weighted by Crippen LogP contribution is -2.13. The summed E-state index contributed by atoms with van der Waals surface area (Å²) in [6.07, 6.45) is -5.30. The van der Waals surface area contributed by atoms with Gasteiger partial charge in [-0.2, -0.15) is 22.0 Å². The number of ether oxygens (including phenoxy) is 1. The van der Waals surface area contributed by atoms with E-state index in [1.54, 1.807) is 0 Å². The molecule has 2 aromatic carbocycles. The predicted molar refractivity (Wildman–Crippen MR) is 63.3 cm³/mol. The number of rotatable bonds is 3. The van der Waals surface area contributed by atoms with E-state index in [4.69, 9.17) is 0 Å². The molecule has 25 heavy (non-hydrogen) atoms. The summed E-state index contributed by atoms with van der Waals surface area (Å²) in [6.45, 7) is -3.86. The molecule has 2 rings (SSSR count). The zero-order valence-corrected chi connectivity index (χ0v) is 11.5. The van der Waals surface area contributed by atoms with Crippen molar-refractivity contribution in [3.63, 3.8) is 0 Å². The number of hydrogen-bond acceptors (Lipinski definition) is 1. The fourth-order valence-corrected chi connectivity index (χ4v) is 2.01. The van der Waals surface area contributed by atoms with Crippen LogP contribution in [0.15, 0.2) is 18.2 Å². The molecule has 0 aliphatic rings.